The number of carbonyl (C=O) groups is 2. The lowest BCUT2D eigenvalue weighted by Crippen LogP contribution is -2.46. The van der Waals surface area contributed by atoms with Crippen molar-refractivity contribution in [2.24, 2.45) is 0 Å². The highest BCUT2D eigenvalue weighted by atomic mass is 16.2. The lowest BCUT2D eigenvalue weighted by molar-refractivity contribution is -0.144. The zero-order valence-electron chi connectivity index (χ0n) is 9.73. The maximum Gasteiger partial charge on any atom is 0.238 e. The van der Waals surface area contributed by atoms with Crippen LogP contribution in [0.3, 0.4) is 0 Å². The van der Waals surface area contributed by atoms with Gasteiger partial charge in [0.05, 0.1) is 6.54 Å². The van der Waals surface area contributed by atoms with Crippen molar-refractivity contribution in [1.82, 2.24) is 10.0 Å². The Balaban J connectivity index is 2.02. The third-order valence-electron chi connectivity index (χ3n) is 3.60. The molecule has 0 bridgehead atoms. The molecule has 1 aliphatic carbocycles. The van der Waals surface area contributed by atoms with Crippen LogP contribution in [0.5, 0.6) is 0 Å². The van der Waals surface area contributed by atoms with Gasteiger partial charge in [0.2, 0.25) is 5.91 Å². The molecule has 1 saturated carbocycles. The first-order valence-corrected chi connectivity index (χ1v) is 6.33. The maximum atomic E-state index is 11.8. The summed E-state index contributed by atoms with van der Waals surface area (Å²) in [5, 5.41) is 3.80. The van der Waals surface area contributed by atoms with Crippen LogP contribution in [0, 0.1) is 0 Å². The molecule has 1 heterocycles. The highest BCUT2D eigenvalue weighted by Gasteiger charge is 2.34. The van der Waals surface area contributed by atoms with Gasteiger partial charge in [-0.25, -0.2) is 5.01 Å². The van der Waals surface area contributed by atoms with E-state index in [4.69, 9.17) is 0 Å². The Hall–Kier alpha value is -0.900. The van der Waals surface area contributed by atoms with Crippen LogP contribution >= 0.6 is 0 Å². The lowest BCUT2D eigenvalue weighted by atomic mass is 10.1. The van der Waals surface area contributed by atoms with Gasteiger partial charge in [-0.2, -0.15) is 0 Å². The van der Waals surface area contributed by atoms with E-state index in [2.05, 4.69) is 0 Å². The molecule has 0 aromatic carbocycles. The Labute approximate surface area is 96.6 Å². The van der Waals surface area contributed by atoms with E-state index >= 15 is 0 Å². The van der Waals surface area contributed by atoms with Crippen LogP contribution in [-0.2, 0) is 9.59 Å². The van der Waals surface area contributed by atoms with Crippen LogP contribution in [0.2, 0.25) is 0 Å². The van der Waals surface area contributed by atoms with E-state index < -0.39 is 0 Å². The Morgan fingerprint density at radius 1 is 1.19 bits per heavy atom. The van der Waals surface area contributed by atoms with E-state index in [0.29, 0.717) is 25.6 Å². The van der Waals surface area contributed by atoms with Crippen LogP contribution in [0.25, 0.3) is 0 Å². The van der Waals surface area contributed by atoms with E-state index in [1.807, 2.05) is 10.0 Å². The first-order chi connectivity index (χ1) is 7.83. The van der Waals surface area contributed by atoms with Crippen molar-refractivity contribution in [2.45, 2.75) is 51.0 Å². The fourth-order valence-electron chi connectivity index (χ4n) is 2.81. The molecule has 2 rings (SSSR count). The summed E-state index contributed by atoms with van der Waals surface area (Å²) in [5.74, 6) is 0.203. The summed E-state index contributed by atoms with van der Waals surface area (Å²) in [6.45, 7) is 1.08. The molecule has 0 atom stereocenters. The van der Waals surface area contributed by atoms with Gasteiger partial charge in [0.15, 0.2) is 0 Å². The van der Waals surface area contributed by atoms with Crippen molar-refractivity contribution >= 4 is 12.2 Å². The average Bonchev–Trinajstić information content (AvgIpc) is 2.53. The zero-order valence-corrected chi connectivity index (χ0v) is 9.73. The fraction of sp³-hybridized carbons (Fsp3) is 0.833. The normalized spacial score (nSPS) is 24.8. The van der Waals surface area contributed by atoms with Gasteiger partial charge < -0.3 is 4.79 Å². The minimum absolute atomic E-state index is 0.203. The quantitative estimate of drug-likeness (QED) is 0.537. The Morgan fingerprint density at radius 2 is 1.88 bits per heavy atom. The lowest BCUT2D eigenvalue weighted by Gasteiger charge is -2.33. The molecule has 2 fully saturated rings. The fourth-order valence-corrected chi connectivity index (χ4v) is 2.81. The Kier molecular flexibility index (Phi) is 3.93. The topological polar surface area (TPSA) is 40.6 Å². The second kappa shape index (κ2) is 5.43. The minimum atomic E-state index is 0.203. The van der Waals surface area contributed by atoms with Crippen LogP contribution < -0.4 is 0 Å². The van der Waals surface area contributed by atoms with Gasteiger partial charge in [-0.05, 0) is 12.8 Å². The summed E-state index contributed by atoms with van der Waals surface area (Å²) >= 11 is 0. The third kappa shape index (κ3) is 2.43. The van der Waals surface area contributed by atoms with Gasteiger partial charge in [-0.3, -0.25) is 9.80 Å². The summed E-state index contributed by atoms with van der Waals surface area (Å²) < 4.78 is 0. The summed E-state index contributed by atoms with van der Waals surface area (Å²) in [4.78, 5) is 22.4. The van der Waals surface area contributed by atoms with Crippen LogP contribution in [-0.4, -0.2) is 41.3 Å². The minimum Gasteiger partial charge on any atom is -0.302 e. The first kappa shape index (κ1) is 11.6. The smallest absolute Gasteiger partial charge is 0.238 e. The van der Waals surface area contributed by atoms with Gasteiger partial charge in [-0.15, -0.1) is 0 Å². The van der Waals surface area contributed by atoms with Crippen molar-refractivity contribution < 1.29 is 9.59 Å². The molecule has 0 aromatic heterocycles. The molecule has 0 radical (unpaired) electrons. The standard InChI is InChI=1S/C12H20N2O2/c15-10-9-13-8-7-12(16)14(13)11-5-3-1-2-4-6-11/h10-11H,1-9H2. The summed E-state index contributed by atoms with van der Waals surface area (Å²) in [7, 11) is 0. The number of hydrogen-bond donors (Lipinski definition) is 0. The van der Waals surface area contributed by atoms with Gasteiger partial charge in [-0.1, -0.05) is 25.7 Å². The Morgan fingerprint density at radius 3 is 2.50 bits per heavy atom. The SMILES string of the molecule is O=CCN1CCC(=O)N1C1CCCCCC1. The number of amides is 1. The van der Waals surface area contributed by atoms with Crippen LogP contribution in [0.1, 0.15) is 44.9 Å². The third-order valence-corrected chi connectivity index (χ3v) is 3.60. The molecule has 4 heteroatoms. The van der Waals surface area contributed by atoms with Crippen molar-refractivity contribution in [3.63, 3.8) is 0 Å². The molecule has 0 unspecified atom stereocenters. The molecule has 1 amide bonds. The number of rotatable bonds is 3. The molecule has 90 valence electrons. The first-order valence-electron chi connectivity index (χ1n) is 6.33. The van der Waals surface area contributed by atoms with Crippen molar-refractivity contribution in [3.05, 3.63) is 0 Å². The maximum absolute atomic E-state index is 11.8. The van der Waals surface area contributed by atoms with E-state index in [-0.39, 0.29) is 5.91 Å². The number of carbonyl (C=O) groups excluding carboxylic acids is 2. The second-order valence-electron chi connectivity index (χ2n) is 4.71. The van der Waals surface area contributed by atoms with Crippen LogP contribution in [0.4, 0.5) is 0 Å². The van der Waals surface area contributed by atoms with Gasteiger partial charge in [0.25, 0.3) is 0 Å². The van der Waals surface area contributed by atoms with E-state index in [1.54, 1.807) is 0 Å². The molecular weight excluding hydrogens is 204 g/mol. The summed E-state index contributed by atoms with van der Waals surface area (Å²) in [5.41, 5.74) is 0. The molecule has 1 saturated heterocycles. The molecular formula is C12H20N2O2. The number of aldehydes is 1. The molecule has 16 heavy (non-hydrogen) atoms. The van der Waals surface area contributed by atoms with Crippen molar-refractivity contribution in [3.8, 4) is 0 Å². The summed E-state index contributed by atoms with van der Waals surface area (Å²) in [6.07, 6.45) is 8.65. The highest BCUT2D eigenvalue weighted by molar-refractivity contribution is 5.78. The van der Waals surface area contributed by atoms with E-state index in [0.717, 1.165) is 19.1 Å². The molecule has 0 aromatic rings. The summed E-state index contributed by atoms with van der Waals surface area (Å²) in [6, 6.07) is 0.345. The number of nitrogens with zero attached hydrogens (tertiary/aromatic N) is 2. The highest BCUT2D eigenvalue weighted by Crippen LogP contribution is 2.26. The van der Waals surface area contributed by atoms with Gasteiger partial charge in [0.1, 0.15) is 6.29 Å². The molecule has 4 nitrogen and oxygen atoms in total. The predicted molar refractivity (Wildman–Crippen MR) is 60.6 cm³/mol. The molecule has 0 spiro atoms. The van der Waals surface area contributed by atoms with Crippen molar-refractivity contribution in [2.75, 3.05) is 13.1 Å². The average molecular weight is 224 g/mol. The Bertz CT molecular complexity index is 260. The van der Waals surface area contributed by atoms with Crippen molar-refractivity contribution in [1.29, 1.82) is 0 Å². The second-order valence-corrected chi connectivity index (χ2v) is 4.71. The molecule has 1 aliphatic heterocycles. The molecule has 2 aliphatic rings. The largest absolute Gasteiger partial charge is 0.302 e. The number of hydrogen-bond acceptors (Lipinski definition) is 3. The van der Waals surface area contributed by atoms with Gasteiger partial charge >= 0.3 is 0 Å². The molecule has 0 N–H and O–H groups in total. The van der Waals surface area contributed by atoms with Crippen LogP contribution in [0.15, 0.2) is 0 Å². The van der Waals surface area contributed by atoms with E-state index in [1.165, 1.54) is 25.7 Å². The zero-order chi connectivity index (χ0) is 11.4. The predicted octanol–water partition coefficient (Wildman–Crippen LogP) is 1.36. The number of hydrazine groups is 1. The van der Waals surface area contributed by atoms with E-state index in [9.17, 15) is 9.59 Å². The van der Waals surface area contributed by atoms with Gasteiger partial charge in [0, 0.05) is 19.0 Å². The monoisotopic (exact) mass is 224 g/mol.